The first-order chi connectivity index (χ1) is 9.16. The Kier molecular flexibility index (Phi) is 2.56. The summed E-state index contributed by atoms with van der Waals surface area (Å²) in [6, 6.07) is 11.1. The fourth-order valence-electron chi connectivity index (χ4n) is 2.26. The van der Waals surface area contributed by atoms with Crippen LogP contribution in [0.3, 0.4) is 0 Å². The molecule has 3 rings (SSSR count). The second kappa shape index (κ2) is 4.24. The molecule has 1 N–H and O–H groups in total. The van der Waals surface area contributed by atoms with E-state index in [0.717, 1.165) is 22.2 Å². The van der Waals surface area contributed by atoms with Crippen molar-refractivity contribution in [2.24, 2.45) is 7.05 Å². The SMILES string of the molecule is Cn1ccnc1-c1cc(C(=O)O)c2ccccc2c1. The van der Waals surface area contributed by atoms with Gasteiger partial charge in [0.05, 0.1) is 5.56 Å². The minimum absolute atomic E-state index is 0.302. The molecule has 3 aromatic rings. The average Bonchev–Trinajstić information content (AvgIpc) is 2.83. The van der Waals surface area contributed by atoms with Crippen molar-refractivity contribution in [3.63, 3.8) is 0 Å². The number of rotatable bonds is 2. The van der Waals surface area contributed by atoms with Gasteiger partial charge in [0, 0.05) is 25.0 Å². The van der Waals surface area contributed by atoms with E-state index >= 15 is 0 Å². The minimum Gasteiger partial charge on any atom is -0.478 e. The van der Waals surface area contributed by atoms with E-state index in [1.54, 1.807) is 12.3 Å². The molecule has 0 aliphatic heterocycles. The van der Waals surface area contributed by atoms with Crippen molar-refractivity contribution in [1.29, 1.82) is 0 Å². The van der Waals surface area contributed by atoms with Gasteiger partial charge in [-0.25, -0.2) is 9.78 Å². The van der Waals surface area contributed by atoms with E-state index in [9.17, 15) is 9.90 Å². The van der Waals surface area contributed by atoms with Crippen LogP contribution in [0.4, 0.5) is 0 Å². The number of benzene rings is 2. The number of aryl methyl sites for hydroxylation is 1. The summed E-state index contributed by atoms with van der Waals surface area (Å²) in [6.45, 7) is 0. The van der Waals surface area contributed by atoms with Crippen LogP contribution in [0.1, 0.15) is 10.4 Å². The highest BCUT2D eigenvalue weighted by atomic mass is 16.4. The molecule has 2 aromatic carbocycles. The minimum atomic E-state index is -0.924. The van der Waals surface area contributed by atoms with Crippen molar-refractivity contribution in [2.75, 3.05) is 0 Å². The number of carbonyl (C=O) groups is 1. The first-order valence-electron chi connectivity index (χ1n) is 5.90. The summed E-state index contributed by atoms with van der Waals surface area (Å²) in [7, 11) is 1.89. The van der Waals surface area contributed by atoms with Gasteiger partial charge in [-0.2, -0.15) is 0 Å². The molecule has 4 nitrogen and oxygen atoms in total. The lowest BCUT2D eigenvalue weighted by molar-refractivity contribution is 0.0699. The lowest BCUT2D eigenvalue weighted by atomic mass is 10.0. The van der Waals surface area contributed by atoms with Crippen molar-refractivity contribution in [2.45, 2.75) is 0 Å². The Balaban J connectivity index is 2.34. The summed E-state index contributed by atoms with van der Waals surface area (Å²) in [5.41, 5.74) is 1.11. The summed E-state index contributed by atoms with van der Waals surface area (Å²) in [5, 5.41) is 11.0. The molecule has 1 aromatic heterocycles. The van der Waals surface area contributed by atoms with Crippen LogP contribution < -0.4 is 0 Å². The summed E-state index contributed by atoms with van der Waals surface area (Å²) >= 11 is 0. The number of aromatic nitrogens is 2. The third-order valence-electron chi connectivity index (χ3n) is 3.17. The Morgan fingerprint density at radius 1 is 1.26 bits per heavy atom. The largest absolute Gasteiger partial charge is 0.478 e. The van der Waals surface area contributed by atoms with E-state index in [-0.39, 0.29) is 0 Å². The van der Waals surface area contributed by atoms with Gasteiger partial charge in [0.2, 0.25) is 0 Å². The van der Waals surface area contributed by atoms with Crippen LogP contribution in [0.15, 0.2) is 48.8 Å². The Morgan fingerprint density at radius 3 is 2.74 bits per heavy atom. The molecule has 0 aliphatic rings. The maximum absolute atomic E-state index is 11.4. The summed E-state index contributed by atoms with van der Waals surface area (Å²) < 4.78 is 1.87. The highest BCUT2D eigenvalue weighted by Crippen LogP contribution is 2.26. The third kappa shape index (κ3) is 1.87. The fraction of sp³-hybridized carbons (Fsp3) is 0.0667. The summed E-state index contributed by atoms with van der Waals surface area (Å²) in [6.07, 6.45) is 3.54. The number of fused-ring (bicyclic) bond motifs is 1. The Labute approximate surface area is 109 Å². The van der Waals surface area contributed by atoms with E-state index in [1.807, 2.05) is 48.1 Å². The molecule has 0 atom stereocenters. The molecule has 0 saturated carbocycles. The molecule has 1 heterocycles. The topological polar surface area (TPSA) is 55.1 Å². The zero-order valence-corrected chi connectivity index (χ0v) is 10.4. The number of imidazole rings is 1. The highest BCUT2D eigenvalue weighted by molar-refractivity contribution is 6.05. The molecule has 0 unspecified atom stereocenters. The fourth-order valence-corrected chi connectivity index (χ4v) is 2.26. The molecule has 19 heavy (non-hydrogen) atoms. The van der Waals surface area contributed by atoms with E-state index in [4.69, 9.17) is 0 Å². The van der Waals surface area contributed by atoms with Crippen molar-refractivity contribution in [3.05, 3.63) is 54.4 Å². The molecular weight excluding hydrogens is 240 g/mol. The van der Waals surface area contributed by atoms with Gasteiger partial charge in [-0.3, -0.25) is 0 Å². The van der Waals surface area contributed by atoms with E-state index in [0.29, 0.717) is 5.56 Å². The van der Waals surface area contributed by atoms with Gasteiger partial charge in [0.1, 0.15) is 5.82 Å². The van der Waals surface area contributed by atoms with Gasteiger partial charge in [-0.1, -0.05) is 24.3 Å². The second-order valence-corrected chi connectivity index (χ2v) is 4.41. The maximum Gasteiger partial charge on any atom is 0.336 e. The number of nitrogens with zero attached hydrogens (tertiary/aromatic N) is 2. The lowest BCUT2D eigenvalue weighted by Crippen LogP contribution is -2.00. The van der Waals surface area contributed by atoms with Crippen LogP contribution in [0.5, 0.6) is 0 Å². The normalized spacial score (nSPS) is 10.8. The molecule has 0 radical (unpaired) electrons. The van der Waals surface area contributed by atoms with Crippen molar-refractivity contribution in [1.82, 2.24) is 9.55 Å². The van der Waals surface area contributed by atoms with Crippen molar-refractivity contribution in [3.8, 4) is 11.4 Å². The average molecular weight is 252 g/mol. The van der Waals surface area contributed by atoms with Crippen molar-refractivity contribution < 1.29 is 9.90 Å². The molecule has 0 fully saturated rings. The number of hydrogen-bond acceptors (Lipinski definition) is 2. The van der Waals surface area contributed by atoms with Crippen molar-refractivity contribution >= 4 is 16.7 Å². The van der Waals surface area contributed by atoms with Crippen LogP contribution in [-0.2, 0) is 7.05 Å². The van der Waals surface area contributed by atoms with Gasteiger partial charge in [-0.05, 0) is 22.9 Å². The zero-order valence-electron chi connectivity index (χ0n) is 10.4. The standard InChI is InChI=1S/C15H12N2O2/c1-17-7-6-16-14(17)11-8-10-4-2-3-5-12(10)13(9-11)15(18)19/h2-9H,1H3,(H,18,19). The zero-order chi connectivity index (χ0) is 13.4. The van der Waals surface area contributed by atoms with Crippen LogP contribution in [0.25, 0.3) is 22.2 Å². The van der Waals surface area contributed by atoms with Gasteiger partial charge in [-0.15, -0.1) is 0 Å². The first-order valence-corrected chi connectivity index (χ1v) is 5.90. The van der Waals surface area contributed by atoms with Gasteiger partial charge < -0.3 is 9.67 Å². The molecule has 0 amide bonds. The molecule has 0 saturated heterocycles. The molecule has 0 aliphatic carbocycles. The lowest BCUT2D eigenvalue weighted by Gasteiger charge is -2.07. The maximum atomic E-state index is 11.4. The second-order valence-electron chi connectivity index (χ2n) is 4.41. The predicted molar refractivity (Wildman–Crippen MR) is 73.1 cm³/mol. The van der Waals surface area contributed by atoms with Gasteiger partial charge in [0.25, 0.3) is 0 Å². The molecule has 4 heteroatoms. The van der Waals surface area contributed by atoms with E-state index in [1.165, 1.54) is 0 Å². The quantitative estimate of drug-likeness (QED) is 0.763. The Hall–Kier alpha value is -2.62. The van der Waals surface area contributed by atoms with E-state index < -0.39 is 5.97 Å². The van der Waals surface area contributed by atoms with E-state index in [2.05, 4.69) is 4.98 Å². The Morgan fingerprint density at radius 2 is 2.05 bits per heavy atom. The number of carboxylic acid groups (broad SMARTS) is 1. The number of hydrogen-bond donors (Lipinski definition) is 1. The molecular formula is C15H12N2O2. The van der Waals surface area contributed by atoms with Gasteiger partial charge in [0.15, 0.2) is 0 Å². The third-order valence-corrected chi connectivity index (χ3v) is 3.17. The molecule has 0 spiro atoms. The predicted octanol–water partition coefficient (Wildman–Crippen LogP) is 2.94. The molecule has 0 bridgehead atoms. The van der Waals surface area contributed by atoms with Crippen LogP contribution in [-0.4, -0.2) is 20.6 Å². The van der Waals surface area contributed by atoms with Gasteiger partial charge >= 0.3 is 5.97 Å². The smallest absolute Gasteiger partial charge is 0.336 e. The first kappa shape index (κ1) is 11.5. The summed E-state index contributed by atoms with van der Waals surface area (Å²) in [5.74, 6) is -0.166. The number of carboxylic acids is 1. The van der Waals surface area contributed by atoms with Crippen LogP contribution >= 0.6 is 0 Å². The Bertz CT molecular complexity index is 775. The monoisotopic (exact) mass is 252 g/mol. The van der Waals surface area contributed by atoms with Crippen LogP contribution in [0, 0.1) is 0 Å². The summed E-state index contributed by atoms with van der Waals surface area (Å²) in [4.78, 5) is 15.7. The molecule has 94 valence electrons. The van der Waals surface area contributed by atoms with Crippen LogP contribution in [0.2, 0.25) is 0 Å². The number of aromatic carboxylic acids is 1. The highest BCUT2D eigenvalue weighted by Gasteiger charge is 2.12.